The molecule has 2 aromatic rings. The van der Waals surface area contributed by atoms with Crippen LogP contribution in [0, 0.1) is 5.92 Å². The molecule has 0 fully saturated rings. The first-order valence-electron chi connectivity index (χ1n) is 7.42. The summed E-state index contributed by atoms with van der Waals surface area (Å²) in [6, 6.07) is 5.90. The number of amides is 1. The first-order chi connectivity index (χ1) is 10.9. The molecule has 1 aromatic heterocycles. The van der Waals surface area contributed by atoms with E-state index < -0.39 is 17.9 Å². The highest BCUT2D eigenvalue weighted by molar-refractivity contribution is 5.90. The third kappa shape index (κ3) is 3.74. The number of benzene rings is 1. The number of hydrogen-bond acceptors (Lipinski definition) is 4. The van der Waals surface area contributed by atoms with Crippen molar-refractivity contribution < 1.29 is 14.7 Å². The summed E-state index contributed by atoms with van der Waals surface area (Å²) in [5.41, 5.74) is 0.0822. The lowest BCUT2D eigenvalue weighted by atomic mass is 9.99. The quantitative estimate of drug-likeness (QED) is 0.738. The maximum absolute atomic E-state index is 12.2. The van der Waals surface area contributed by atoms with Crippen LogP contribution in [-0.4, -0.2) is 33.2 Å². The first-order valence-corrected chi connectivity index (χ1v) is 7.42. The van der Waals surface area contributed by atoms with Crippen LogP contribution in [0.5, 0.6) is 0 Å². The molecular weight excluding hydrogens is 298 g/mol. The van der Waals surface area contributed by atoms with E-state index in [0.717, 1.165) is 0 Å². The third-order valence-corrected chi connectivity index (χ3v) is 3.90. The van der Waals surface area contributed by atoms with Crippen LogP contribution >= 0.6 is 0 Å². The van der Waals surface area contributed by atoms with Crippen molar-refractivity contribution in [2.45, 2.75) is 32.7 Å². The van der Waals surface area contributed by atoms with Crippen molar-refractivity contribution in [3.05, 3.63) is 40.3 Å². The molecule has 0 spiro atoms. The summed E-state index contributed by atoms with van der Waals surface area (Å²) in [5, 5.41) is 19.1. The smallest absolute Gasteiger partial charge is 0.326 e. The van der Waals surface area contributed by atoms with Gasteiger partial charge in [-0.05, 0) is 12.0 Å². The van der Waals surface area contributed by atoms with E-state index in [2.05, 4.69) is 15.5 Å². The van der Waals surface area contributed by atoms with Gasteiger partial charge in [0.1, 0.15) is 6.04 Å². The van der Waals surface area contributed by atoms with Crippen LogP contribution in [0.2, 0.25) is 0 Å². The average Bonchev–Trinajstić information content (AvgIpc) is 2.54. The number of aromatic nitrogens is 2. The second kappa shape index (κ2) is 7.04. The monoisotopic (exact) mass is 317 g/mol. The molecule has 3 N–H and O–H groups in total. The Bertz CT molecular complexity index is 784. The summed E-state index contributed by atoms with van der Waals surface area (Å²) >= 11 is 0. The van der Waals surface area contributed by atoms with Crippen LogP contribution in [0.15, 0.2) is 29.1 Å². The van der Waals surface area contributed by atoms with Gasteiger partial charge in [-0.15, -0.1) is 0 Å². The van der Waals surface area contributed by atoms with E-state index in [1.165, 1.54) is 0 Å². The Morgan fingerprint density at radius 3 is 2.57 bits per heavy atom. The second-order valence-electron chi connectivity index (χ2n) is 5.49. The molecule has 2 rings (SSSR count). The Labute approximate surface area is 132 Å². The number of aliphatic carboxylic acids is 1. The maximum atomic E-state index is 12.2. The van der Waals surface area contributed by atoms with E-state index >= 15 is 0 Å². The molecule has 0 radical (unpaired) electrons. The third-order valence-electron chi connectivity index (χ3n) is 3.90. The molecule has 7 nitrogen and oxygen atoms in total. The van der Waals surface area contributed by atoms with E-state index in [1.54, 1.807) is 31.2 Å². The summed E-state index contributed by atoms with van der Waals surface area (Å²) in [5.74, 6) is -1.69. The largest absolute Gasteiger partial charge is 0.480 e. The molecule has 0 saturated heterocycles. The topological polar surface area (TPSA) is 112 Å². The van der Waals surface area contributed by atoms with Gasteiger partial charge < -0.3 is 10.4 Å². The summed E-state index contributed by atoms with van der Waals surface area (Å²) in [6.45, 7) is 3.64. The number of nitrogens with zero attached hydrogens (tertiary/aromatic N) is 1. The van der Waals surface area contributed by atoms with Crippen molar-refractivity contribution in [1.82, 2.24) is 15.5 Å². The van der Waals surface area contributed by atoms with Crippen molar-refractivity contribution in [3.63, 3.8) is 0 Å². The van der Waals surface area contributed by atoms with Crippen molar-refractivity contribution in [3.8, 4) is 0 Å². The van der Waals surface area contributed by atoms with E-state index in [1.807, 2.05) is 6.92 Å². The highest BCUT2D eigenvalue weighted by atomic mass is 16.4. The molecule has 2 atom stereocenters. The fourth-order valence-corrected chi connectivity index (χ4v) is 2.37. The van der Waals surface area contributed by atoms with Crippen molar-refractivity contribution in [1.29, 1.82) is 0 Å². The second-order valence-corrected chi connectivity index (χ2v) is 5.49. The highest BCUT2D eigenvalue weighted by Crippen LogP contribution is 2.13. The van der Waals surface area contributed by atoms with E-state index in [0.29, 0.717) is 22.9 Å². The molecule has 1 aromatic carbocycles. The molecule has 122 valence electrons. The summed E-state index contributed by atoms with van der Waals surface area (Å²) in [6.07, 6.45) is 0.536. The lowest BCUT2D eigenvalue weighted by molar-refractivity contribution is -0.143. The predicted octanol–water partition coefficient (Wildman–Crippen LogP) is 1.08. The Hall–Kier alpha value is -2.70. The zero-order valence-corrected chi connectivity index (χ0v) is 13.0. The fourth-order valence-electron chi connectivity index (χ4n) is 2.37. The molecule has 1 heterocycles. The van der Waals surface area contributed by atoms with Crippen LogP contribution in [0.4, 0.5) is 0 Å². The minimum Gasteiger partial charge on any atom is -0.480 e. The lowest BCUT2D eigenvalue weighted by Crippen LogP contribution is -2.45. The number of rotatable bonds is 6. The number of nitrogens with one attached hydrogen (secondary N) is 2. The van der Waals surface area contributed by atoms with Crippen LogP contribution in [-0.2, 0) is 16.0 Å². The number of H-pyrrole nitrogens is 1. The Kier molecular flexibility index (Phi) is 5.10. The number of carbonyl (C=O) groups is 2. The van der Waals surface area contributed by atoms with Crippen LogP contribution in [0.3, 0.4) is 0 Å². The number of carbonyl (C=O) groups excluding carboxylic acids is 1. The Morgan fingerprint density at radius 1 is 1.30 bits per heavy atom. The zero-order valence-electron chi connectivity index (χ0n) is 13.0. The van der Waals surface area contributed by atoms with E-state index in [9.17, 15) is 19.5 Å². The predicted molar refractivity (Wildman–Crippen MR) is 85.1 cm³/mol. The fraction of sp³-hybridized carbons (Fsp3) is 0.375. The molecule has 0 aliphatic heterocycles. The summed E-state index contributed by atoms with van der Waals surface area (Å²) in [7, 11) is 0. The van der Waals surface area contributed by atoms with Crippen LogP contribution < -0.4 is 10.9 Å². The van der Waals surface area contributed by atoms with Gasteiger partial charge in [0.05, 0.1) is 17.5 Å². The minimum absolute atomic E-state index is 0.0997. The highest BCUT2D eigenvalue weighted by Gasteiger charge is 2.25. The van der Waals surface area contributed by atoms with Gasteiger partial charge in [-0.2, -0.15) is 5.10 Å². The van der Waals surface area contributed by atoms with Gasteiger partial charge in [0, 0.05) is 5.39 Å². The normalized spacial score (nSPS) is 13.5. The SMILES string of the molecule is CC[C@@H](C)[C@H](NC(=O)Cc1n[nH]c(=O)c2ccccc12)C(=O)O. The molecule has 0 unspecified atom stereocenters. The van der Waals surface area contributed by atoms with Crippen molar-refractivity contribution >= 4 is 22.6 Å². The van der Waals surface area contributed by atoms with E-state index in [4.69, 9.17) is 0 Å². The molecule has 0 aliphatic carbocycles. The Morgan fingerprint density at radius 2 is 1.96 bits per heavy atom. The number of carboxylic acids is 1. The van der Waals surface area contributed by atoms with Crippen LogP contribution in [0.1, 0.15) is 26.0 Å². The zero-order chi connectivity index (χ0) is 17.0. The lowest BCUT2D eigenvalue weighted by Gasteiger charge is -2.20. The number of aromatic amines is 1. The molecular formula is C16H19N3O4. The van der Waals surface area contributed by atoms with Gasteiger partial charge in [-0.3, -0.25) is 9.59 Å². The van der Waals surface area contributed by atoms with Gasteiger partial charge in [0.25, 0.3) is 5.56 Å². The molecule has 0 aliphatic rings. The summed E-state index contributed by atoms with van der Waals surface area (Å²) in [4.78, 5) is 35.2. The average molecular weight is 317 g/mol. The first kappa shape index (κ1) is 16.7. The number of carboxylic acid groups (broad SMARTS) is 1. The molecule has 23 heavy (non-hydrogen) atoms. The molecule has 7 heteroatoms. The van der Waals surface area contributed by atoms with E-state index in [-0.39, 0.29) is 17.9 Å². The minimum atomic E-state index is -1.06. The number of hydrogen-bond donors (Lipinski definition) is 3. The van der Waals surface area contributed by atoms with Gasteiger partial charge in [0.2, 0.25) is 5.91 Å². The summed E-state index contributed by atoms with van der Waals surface area (Å²) < 4.78 is 0. The van der Waals surface area contributed by atoms with Crippen molar-refractivity contribution in [2.75, 3.05) is 0 Å². The van der Waals surface area contributed by atoms with Gasteiger partial charge in [-0.25, -0.2) is 9.89 Å². The van der Waals surface area contributed by atoms with Crippen LogP contribution in [0.25, 0.3) is 10.8 Å². The maximum Gasteiger partial charge on any atom is 0.326 e. The molecule has 0 bridgehead atoms. The Balaban J connectivity index is 2.22. The number of fused-ring (bicyclic) bond motifs is 1. The van der Waals surface area contributed by atoms with Gasteiger partial charge in [-0.1, -0.05) is 38.5 Å². The van der Waals surface area contributed by atoms with Gasteiger partial charge >= 0.3 is 5.97 Å². The molecule has 1 amide bonds. The van der Waals surface area contributed by atoms with Gasteiger partial charge in [0.15, 0.2) is 0 Å². The standard InChI is InChI=1S/C16H19N3O4/c1-3-9(2)14(16(22)23)17-13(20)8-12-10-6-4-5-7-11(10)15(21)19-18-12/h4-7,9,14H,3,8H2,1-2H3,(H,17,20)(H,19,21)(H,22,23)/t9-,14+/m1/s1. The molecule has 0 saturated carbocycles. The van der Waals surface area contributed by atoms with Crippen molar-refractivity contribution in [2.24, 2.45) is 5.92 Å².